The van der Waals surface area contributed by atoms with Crippen molar-refractivity contribution in [2.24, 2.45) is 11.8 Å². The molecule has 3 rings (SSSR count). The maximum absolute atomic E-state index is 13.1. The number of sulfonamides is 1. The number of aromatic nitrogens is 1. The number of pyridine rings is 1. The fourth-order valence-electron chi connectivity index (χ4n) is 3.90. The van der Waals surface area contributed by atoms with Crippen molar-refractivity contribution in [2.45, 2.75) is 44.0 Å². The van der Waals surface area contributed by atoms with E-state index in [0.717, 1.165) is 0 Å². The van der Waals surface area contributed by atoms with Crippen LogP contribution in [0.25, 0.3) is 0 Å². The second-order valence-electron chi connectivity index (χ2n) is 8.48. The molecule has 1 saturated heterocycles. The van der Waals surface area contributed by atoms with Crippen LogP contribution in [0.4, 0.5) is 5.69 Å². The molecule has 2 N–H and O–H groups in total. The number of anilines is 1. The average molecular weight is 489 g/mol. The van der Waals surface area contributed by atoms with Crippen molar-refractivity contribution < 1.29 is 22.7 Å². The molecule has 34 heavy (non-hydrogen) atoms. The summed E-state index contributed by atoms with van der Waals surface area (Å²) in [6.07, 6.45) is 4.95. The first-order valence-corrected chi connectivity index (χ1v) is 12.9. The molecule has 2 aromatic rings. The molecule has 0 radical (unpaired) electrons. The van der Waals surface area contributed by atoms with Crippen molar-refractivity contribution in [3.8, 4) is 5.75 Å². The number of hydrogen-bond acceptors (Lipinski definition) is 6. The molecule has 3 atom stereocenters. The lowest BCUT2D eigenvalue weighted by molar-refractivity contribution is -0.131. The first-order valence-electron chi connectivity index (χ1n) is 11.4. The van der Waals surface area contributed by atoms with Crippen molar-refractivity contribution >= 4 is 27.5 Å². The van der Waals surface area contributed by atoms with E-state index in [9.17, 15) is 18.0 Å². The zero-order chi connectivity index (χ0) is 24.7. The Kier molecular flexibility index (Phi) is 8.62. The van der Waals surface area contributed by atoms with Crippen LogP contribution in [0.1, 0.15) is 33.1 Å². The molecule has 2 amide bonds. The lowest BCUT2D eigenvalue weighted by Crippen LogP contribution is -2.52. The lowest BCUT2D eigenvalue weighted by Gasteiger charge is -2.32. The molecule has 0 bridgehead atoms. The van der Waals surface area contributed by atoms with E-state index < -0.39 is 22.0 Å². The number of ether oxygens (including phenoxy) is 1. The van der Waals surface area contributed by atoms with Gasteiger partial charge in [0.1, 0.15) is 11.8 Å². The summed E-state index contributed by atoms with van der Waals surface area (Å²) < 4.78 is 32.7. The molecule has 0 aliphatic carbocycles. The van der Waals surface area contributed by atoms with Gasteiger partial charge < -0.3 is 15.4 Å². The first-order chi connectivity index (χ1) is 16.3. The molecule has 1 aromatic carbocycles. The molecule has 0 saturated carbocycles. The second kappa shape index (κ2) is 11.4. The standard InChI is InChI=1S/C24H32N4O5S/c1-4-17(2)22(24(30)26-19-8-5-13-25-15-19)27-23(29)18-7-6-14-28(16-18)34(31,32)21-11-9-20(33-3)10-12-21/h5,8-13,15,17-18,22H,4,6-7,14,16H2,1-3H3,(H,26,30)(H,27,29)/t17-,18+,22-/m0/s1. The normalized spacial score (nSPS) is 18.5. The molecule has 2 heterocycles. The van der Waals surface area contributed by atoms with E-state index in [1.807, 2.05) is 13.8 Å². The molecule has 1 fully saturated rings. The highest BCUT2D eigenvalue weighted by Crippen LogP contribution is 2.25. The first kappa shape index (κ1) is 25.6. The Hall–Kier alpha value is -2.98. The molecule has 1 aliphatic heterocycles. The van der Waals surface area contributed by atoms with Crippen molar-refractivity contribution in [1.82, 2.24) is 14.6 Å². The van der Waals surface area contributed by atoms with Crippen LogP contribution in [0.5, 0.6) is 5.75 Å². The molecule has 0 spiro atoms. The highest BCUT2D eigenvalue weighted by Gasteiger charge is 2.35. The monoisotopic (exact) mass is 488 g/mol. The van der Waals surface area contributed by atoms with Crippen LogP contribution in [0.3, 0.4) is 0 Å². The molecule has 10 heteroatoms. The summed E-state index contributed by atoms with van der Waals surface area (Å²) >= 11 is 0. The Morgan fingerprint density at radius 1 is 1.24 bits per heavy atom. The topological polar surface area (TPSA) is 118 Å². The zero-order valence-corrected chi connectivity index (χ0v) is 20.5. The average Bonchev–Trinajstić information content (AvgIpc) is 2.87. The molecule has 9 nitrogen and oxygen atoms in total. The number of carbonyl (C=O) groups excluding carboxylic acids is 2. The zero-order valence-electron chi connectivity index (χ0n) is 19.7. The number of rotatable bonds is 9. The minimum atomic E-state index is -3.75. The third kappa shape index (κ3) is 6.12. The molecule has 1 aliphatic rings. The number of hydrogen-bond donors (Lipinski definition) is 2. The highest BCUT2D eigenvalue weighted by molar-refractivity contribution is 7.89. The van der Waals surface area contributed by atoms with Gasteiger partial charge >= 0.3 is 0 Å². The summed E-state index contributed by atoms with van der Waals surface area (Å²) in [5.74, 6) is -0.728. The van der Waals surface area contributed by atoms with Crippen LogP contribution in [0.2, 0.25) is 0 Å². The summed E-state index contributed by atoms with van der Waals surface area (Å²) in [5, 5.41) is 5.67. The Labute approximate surface area is 201 Å². The Balaban J connectivity index is 1.70. The van der Waals surface area contributed by atoms with Gasteiger partial charge in [-0.1, -0.05) is 20.3 Å². The van der Waals surface area contributed by atoms with Gasteiger partial charge in [0.2, 0.25) is 21.8 Å². The largest absolute Gasteiger partial charge is 0.497 e. The van der Waals surface area contributed by atoms with Crippen molar-refractivity contribution in [3.05, 3.63) is 48.8 Å². The van der Waals surface area contributed by atoms with E-state index in [2.05, 4.69) is 15.6 Å². The number of nitrogens with zero attached hydrogens (tertiary/aromatic N) is 2. The fraction of sp³-hybridized carbons (Fsp3) is 0.458. The van der Waals surface area contributed by atoms with Gasteiger partial charge in [0.05, 0.1) is 29.8 Å². The van der Waals surface area contributed by atoms with E-state index in [1.165, 1.54) is 29.7 Å². The van der Waals surface area contributed by atoms with Crippen LogP contribution < -0.4 is 15.4 Å². The smallest absolute Gasteiger partial charge is 0.247 e. The predicted molar refractivity (Wildman–Crippen MR) is 129 cm³/mol. The SMILES string of the molecule is CC[C@H](C)[C@H](NC(=O)[C@@H]1CCCN(S(=O)(=O)c2ccc(OC)cc2)C1)C(=O)Nc1cccnc1. The van der Waals surface area contributed by atoms with Gasteiger partial charge in [-0.2, -0.15) is 4.31 Å². The summed E-state index contributed by atoms with van der Waals surface area (Å²) in [5.41, 5.74) is 0.546. The number of benzene rings is 1. The Morgan fingerprint density at radius 2 is 1.97 bits per heavy atom. The van der Waals surface area contributed by atoms with Gasteiger partial charge in [-0.3, -0.25) is 14.6 Å². The molecule has 1 aromatic heterocycles. The quantitative estimate of drug-likeness (QED) is 0.560. The minimum Gasteiger partial charge on any atom is -0.497 e. The molecule has 0 unspecified atom stereocenters. The van der Waals surface area contributed by atoms with Crippen LogP contribution >= 0.6 is 0 Å². The third-order valence-electron chi connectivity index (χ3n) is 6.17. The number of amides is 2. The van der Waals surface area contributed by atoms with Crippen molar-refractivity contribution in [3.63, 3.8) is 0 Å². The number of nitrogens with one attached hydrogen (secondary N) is 2. The van der Waals surface area contributed by atoms with Gasteiger partial charge in [-0.25, -0.2) is 8.42 Å². The number of piperidine rings is 1. The summed E-state index contributed by atoms with van der Waals surface area (Å²) in [7, 11) is -2.23. The summed E-state index contributed by atoms with van der Waals surface area (Å²) in [6.45, 7) is 4.26. The van der Waals surface area contributed by atoms with Crippen LogP contribution in [0, 0.1) is 11.8 Å². The predicted octanol–water partition coefficient (Wildman–Crippen LogP) is 2.66. The third-order valence-corrected chi connectivity index (χ3v) is 8.05. The van der Waals surface area contributed by atoms with E-state index in [1.54, 1.807) is 30.5 Å². The van der Waals surface area contributed by atoms with Crippen LogP contribution in [-0.2, 0) is 19.6 Å². The number of methoxy groups -OCH3 is 1. The van der Waals surface area contributed by atoms with Gasteiger partial charge in [-0.15, -0.1) is 0 Å². The van der Waals surface area contributed by atoms with Crippen LogP contribution in [0.15, 0.2) is 53.7 Å². The lowest BCUT2D eigenvalue weighted by atomic mass is 9.94. The maximum Gasteiger partial charge on any atom is 0.247 e. The summed E-state index contributed by atoms with van der Waals surface area (Å²) in [6, 6.07) is 8.89. The van der Waals surface area contributed by atoms with Gasteiger partial charge in [0, 0.05) is 19.3 Å². The fourth-order valence-corrected chi connectivity index (χ4v) is 5.43. The van der Waals surface area contributed by atoms with E-state index in [4.69, 9.17) is 4.74 Å². The highest BCUT2D eigenvalue weighted by atomic mass is 32.2. The molecular formula is C24H32N4O5S. The second-order valence-corrected chi connectivity index (χ2v) is 10.4. The van der Waals surface area contributed by atoms with Gasteiger partial charge in [-0.05, 0) is 55.2 Å². The Morgan fingerprint density at radius 3 is 2.59 bits per heavy atom. The van der Waals surface area contributed by atoms with Gasteiger partial charge in [0.25, 0.3) is 0 Å². The van der Waals surface area contributed by atoms with E-state index in [0.29, 0.717) is 37.2 Å². The van der Waals surface area contributed by atoms with Gasteiger partial charge in [0.15, 0.2) is 0 Å². The summed E-state index contributed by atoms with van der Waals surface area (Å²) in [4.78, 5) is 30.2. The number of carbonyl (C=O) groups is 2. The molecular weight excluding hydrogens is 456 g/mol. The van der Waals surface area contributed by atoms with Crippen LogP contribution in [-0.4, -0.2) is 55.8 Å². The Bertz CT molecular complexity index is 1080. The van der Waals surface area contributed by atoms with Crippen molar-refractivity contribution in [1.29, 1.82) is 0 Å². The van der Waals surface area contributed by atoms with E-state index in [-0.39, 0.29) is 29.2 Å². The minimum absolute atomic E-state index is 0.0671. The van der Waals surface area contributed by atoms with Crippen molar-refractivity contribution in [2.75, 3.05) is 25.5 Å². The maximum atomic E-state index is 13.1. The molecule has 184 valence electrons. The van der Waals surface area contributed by atoms with E-state index >= 15 is 0 Å².